The van der Waals surface area contributed by atoms with E-state index >= 15 is 0 Å². The molecule has 1 fully saturated rings. The third kappa shape index (κ3) is 5.26. The predicted molar refractivity (Wildman–Crippen MR) is 122 cm³/mol. The molecule has 8 nitrogen and oxygen atoms in total. The fraction of sp³-hybridized carbons (Fsp3) is 0.333. The summed E-state index contributed by atoms with van der Waals surface area (Å²) in [5.74, 6) is 1.42. The number of sulfonamides is 1. The molecule has 0 N–H and O–H groups in total. The molecule has 174 valence electrons. The molecule has 0 radical (unpaired) electrons. The van der Waals surface area contributed by atoms with Gasteiger partial charge in [-0.2, -0.15) is 4.31 Å². The van der Waals surface area contributed by atoms with E-state index in [1.807, 2.05) is 38.1 Å². The van der Waals surface area contributed by atoms with Crippen molar-refractivity contribution in [2.75, 3.05) is 26.2 Å². The molecule has 0 saturated carbocycles. The van der Waals surface area contributed by atoms with Crippen LogP contribution in [0.3, 0.4) is 0 Å². The molecule has 0 unspecified atom stereocenters. The lowest BCUT2D eigenvalue weighted by molar-refractivity contribution is -0.131. The van der Waals surface area contributed by atoms with Gasteiger partial charge in [0.05, 0.1) is 22.6 Å². The Morgan fingerprint density at radius 3 is 2.27 bits per heavy atom. The van der Waals surface area contributed by atoms with Gasteiger partial charge in [0.2, 0.25) is 15.9 Å². The van der Waals surface area contributed by atoms with Gasteiger partial charge in [0.1, 0.15) is 18.1 Å². The van der Waals surface area contributed by atoms with Crippen LogP contribution in [0.2, 0.25) is 0 Å². The Balaban J connectivity index is 1.28. The van der Waals surface area contributed by atoms with E-state index in [4.69, 9.17) is 9.26 Å². The Kier molecular flexibility index (Phi) is 6.80. The summed E-state index contributed by atoms with van der Waals surface area (Å²) >= 11 is 0. The third-order valence-electron chi connectivity index (χ3n) is 5.82. The SMILES string of the molecule is Cc1noc(C)c1COc1ccc(CC(=O)N2CCN(S(=O)(=O)c3ccccc3)CC2)cc1. The molecule has 3 aromatic rings. The van der Waals surface area contributed by atoms with Crippen LogP contribution in [0.1, 0.15) is 22.6 Å². The number of hydrogen-bond donors (Lipinski definition) is 0. The Bertz CT molecular complexity index is 1180. The van der Waals surface area contributed by atoms with Gasteiger partial charge < -0.3 is 14.2 Å². The van der Waals surface area contributed by atoms with Crippen LogP contribution in [0.25, 0.3) is 0 Å². The minimum Gasteiger partial charge on any atom is -0.489 e. The standard InChI is InChI=1S/C24H27N3O5S/c1-18-23(19(2)32-25-18)17-31-21-10-8-20(9-11-21)16-24(28)26-12-14-27(15-13-26)33(29,30)22-6-4-3-5-7-22/h3-11H,12-17H2,1-2H3. The molecule has 0 atom stereocenters. The number of carbonyl (C=O) groups excluding carboxylic acids is 1. The second-order valence-electron chi connectivity index (χ2n) is 8.01. The van der Waals surface area contributed by atoms with Gasteiger partial charge in [0, 0.05) is 26.2 Å². The molecule has 0 bridgehead atoms. The molecule has 1 aliphatic heterocycles. The maximum absolute atomic E-state index is 12.8. The highest BCUT2D eigenvalue weighted by atomic mass is 32.2. The summed E-state index contributed by atoms with van der Waals surface area (Å²) in [5, 5.41) is 3.92. The van der Waals surface area contributed by atoms with Crippen molar-refractivity contribution in [3.63, 3.8) is 0 Å². The smallest absolute Gasteiger partial charge is 0.243 e. The lowest BCUT2D eigenvalue weighted by Crippen LogP contribution is -2.50. The molecule has 33 heavy (non-hydrogen) atoms. The summed E-state index contributed by atoms with van der Waals surface area (Å²) < 4.78 is 37.9. The minimum absolute atomic E-state index is 0.0175. The molecule has 4 rings (SSSR count). The minimum atomic E-state index is -3.53. The van der Waals surface area contributed by atoms with Crippen molar-refractivity contribution >= 4 is 15.9 Å². The Morgan fingerprint density at radius 2 is 1.67 bits per heavy atom. The van der Waals surface area contributed by atoms with Gasteiger partial charge in [0.25, 0.3) is 0 Å². The average Bonchev–Trinajstić information content (AvgIpc) is 3.16. The maximum Gasteiger partial charge on any atom is 0.243 e. The van der Waals surface area contributed by atoms with E-state index in [-0.39, 0.29) is 30.3 Å². The van der Waals surface area contributed by atoms with Crippen LogP contribution in [-0.2, 0) is 27.8 Å². The van der Waals surface area contributed by atoms with Gasteiger partial charge >= 0.3 is 0 Å². The number of carbonyl (C=O) groups is 1. The molecule has 1 aromatic heterocycles. The Morgan fingerprint density at radius 1 is 1.00 bits per heavy atom. The summed E-state index contributed by atoms with van der Waals surface area (Å²) in [5.41, 5.74) is 2.62. The Hall–Kier alpha value is -3.17. The second kappa shape index (κ2) is 9.76. The molecule has 1 saturated heterocycles. The van der Waals surface area contributed by atoms with Crippen LogP contribution in [0.5, 0.6) is 5.75 Å². The van der Waals surface area contributed by atoms with E-state index in [1.165, 1.54) is 4.31 Å². The molecule has 2 aromatic carbocycles. The second-order valence-corrected chi connectivity index (χ2v) is 9.95. The highest BCUT2D eigenvalue weighted by molar-refractivity contribution is 7.89. The number of ether oxygens (including phenoxy) is 1. The van der Waals surface area contributed by atoms with Gasteiger partial charge in [-0.3, -0.25) is 4.79 Å². The summed E-state index contributed by atoms with van der Waals surface area (Å²) in [7, 11) is -3.53. The highest BCUT2D eigenvalue weighted by Gasteiger charge is 2.29. The van der Waals surface area contributed by atoms with Crippen LogP contribution in [0, 0.1) is 13.8 Å². The van der Waals surface area contributed by atoms with E-state index in [0.717, 1.165) is 22.6 Å². The number of piperazine rings is 1. The van der Waals surface area contributed by atoms with Crippen molar-refractivity contribution in [2.45, 2.75) is 31.8 Å². The van der Waals surface area contributed by atoms with Crippen LogP contribution in [-0.4, -0.2) is 54.9 Å². The zero-order chi connectivity index (χ0) is 23.4. The maximum atomic E-state index is 12.8. The van der Waals surface area contributed by atoms with Gasteiger partial charge in [0.15, 0.2) is 0 Å². The van der Waals surface area contributed by atoms with Crippen LogP contribution >= 0.6 is 0 Å². The van der Waals surface area contributed by atoms with Gasteiger partial charge in [-0.15, -0.1) is 0 Å². The summed E-state index contributed by atoms with van der Waals surface area (Å²) in [4.78, 5) is 14.7. The molecule has 2 heterocycles. The van der Waals surface area contributed by atoms with Crippen molar-refractivity contribution in [3.8, 4) is 5.75 Å². The summed E-state index contributed by atoms with van der Waals surface area (Å²) in [6.45, 7) is 5.43. The monoisotopic (exact) mass is 469 g/mol. The molecule has 0 aliphatic carbocycles. The third-order valence-corrected chi connectivity index (χ3v) is 7.73. The van der Waals surface area contributed by atoms with E-state index in [9.17, 15) is 13.2 Å². The van der Waals surface area contributed by atoms with Gasteiger partial charge in [-0.1, -0.05) is 35.5 Å². The van der Waals surface area contributed by atoms with Crippen molar-refractivity contribution in [1.82, 2.24) is 14.4 Å². The quantitative estimate of drug-likeness (QED) is 0.528. The first-order valence-electron chi connectivity index (χ1n) is 10.8. The number of aromatic nitrogens is 1. The number of hydrogen-bond acceptors (Lipinski definition) is 6. The van der Waals surface area contributed by atoms with Gasteiger partial charge in [-0.05, 0) is 43.7 Å². The molecule has 0 spiro atoms. The molecule has 1 aliphatic rings. The van der Waals surface area contributed by atoms with E-state index in [0.29, 0.717) is 25.4 Å². The number of amides is 1. The first kappa shape index (κ1) is 23.0. The lowest BCUT2D eigenvalue weighted by Gasteiger charge is -2.34. The Labute approximate surface area is 193 Å². The zero-order valence-corrected chi connectivity index (χ0v) is 19.5. The summed E-state index contributed by atoms with van der Waals surface area (Å²) in [6, 6.07) is 15.8. The van der Waals surface area contributed by atoms with Crippen LogP contribution in [0.15, 0.2) is 64.0 Å². The van der Waals surface area contributed by atoms with Crippen molar-refractivity contribution in [3.05, 3.63) is 77.2 Å². The van der Waals surface area contributed by atoms with E-state index in [2.05, 4.69) is 5.16 Å². The first-order chi connectivity index (χ1) is 15.8. The molecular weight excluding hydrogens is 442 g/mol. The average molecular weight is 470 g/mol. The number of benzene rings is 2. The van der Waals surface area contributed by atoms with Crippen molar-refractivity contribution in [2.24, 2.45) is 0 Å². The van der Waals surface area contributed by atoms with Crippen LogP contribution in [0.4, 0.5) is 0 Å². The number of aryl methyl sites for hydroxylation is 2. The van der Waals surface area contributed by atoms with Crippen molar-refractivity contribution < 1.29 is 22.5 Å². The summed E-state index contributed by atoms with van der Waals surface area (Å²) in [6.07, 6.45) is 0.260. The van der Waals surface area contributed by atoms with Crippen LogP contribution < -0.4 is 4.74 Å². The van der Waals surface area contributed by atoms with E-state index in [1.54, 1.807) is 35.2 Å². The number of nitrogens with zero attached hydrogens (tertiary/aromatic N) is 3. The molecular formula is C24H27N3O5S. The predicted octanol–water partition coefficient (Wildman–Crippen LogP) is 2.95. The number of rotatable bonds is 7. The zero-order valence-electron chi connectivity index (χ0n) is 18.7. The van der Waals surface area contributed by atoms with Crippen molar-refractivity contribution in [1.29, 1.82) is 0 Å². The fourth-order valence-electron chi connectivity index (χ4n) is 3.77. The topological polar surface area (TPSA) is 93.0 Å². The first-order valence-corrected chi connectivity index (χ1v) is 12.2. The largest absolute Gasteiger partial charge is 0.489 e. The molecule has 1 amide bonds. The normalized spacial score (nSPS) is 14.9. The highest BCUT2D eigenvalue weighted by Crippen LogP contribution is 2.20. The molecule has 9 heteroatoms. The fourth-order valence-corrected chi connectivity index (χ4v) is 5.22. The van der Waals surface area contributed by atoms with Gasteiger partial charge in [-0.25, -0.2) is 8.42 Å². The lowest BCUT2D eigenvalue weighted by atomic mass is 10.1. The van der Waals surface area contributed by atoms with E-state index < -0.39 is 10.0 Å².